The molecule has 0 unspecified atom stereocenters. The molecule has 1 fully saturated rings. The van der Waals surface area contributed by atoms with E-state index < -0.39 is 5.97 Å². The van der Waals surface area contributed by atoms with Crippen LogP contribution in [0.5, 0.6) is 5.75 Å². The molecule has 0 bridgehead atoms. The first-order valence-electron chi connectivity index (χ1n) is 8.42. The lowest BCUT2D eigenvalue weighted by Crippen LogP contribution is -2.49. The van der Waals surface area contributed by atoms with E-state index in [2.05, 4.69) is 0 Å². The lowest BCUT2D eigenvalue weighted by molar-refractivity contribution is -0.140. The van der Waals surface area contributed by atoms with Crippen molar-refractivity contribution in [3.63, 3.8) is 0 Å². The minimum atomic E-state index is -0.804. The van der Waals surface area contributed by atoms with Gasteiger partial charge >= 0.3 is 5.97 Å². The summed E-state index contributed by atoms with van der Waals surface area (Å²) in [5.74, 6) is -0.125. The van der Waals surface area contributed by atoms with Crippen LogP contribution in [0.25, 0.3) is 0 Å². The van der Waals surface area contributed by atoms with E-state index in [-0.39, 0.29) is 25.1 Å². The van der Waals surface area contributed by atoms with E-state index in [0.717, 1.165) is 18.4 Å². The Balaban J connectivity index is 1.77. The van der Waals surface area contributed by atoms with Crippen molar-refractivity contribution < 1.29 is 19.4 Å². The Morgan fingerprint density at radius 2 is 1.88 bits per heavy atom. The van der Waals surface area contributed by atoms with Gasteiger partial charge in [0.2, 0.25) is 0 Å². The van der Waals surface area contributed by atoms with Crippen LogP contribution in [0.1, 0.15) is 25.3 Å². The summed E-state index contributed by atoms with van der Waals surface area (Å²) >= 11 is 0. The van der Waals surface area contributed by atoms with Gasteiger partial charge in [0, 0.05) is 19.1 Å². The van der Waals surface area contributed by atoms with Gasteiger partial charge in [-0.2, -0.15) is 0 Å². The summed E-state index contributed by atoms with van der Waals surface area (Å²) in [5.41, 5.74) is 1.15. The first-order valence-corrected chi connectivity index (χ1v) is 8.42. The molecular weight excluding hydrogens is 308 g/mol. The highest BCUT2D eigenvalue weighted by atomic mass is 16.5. The summed E-state index contributed by atoms with van der Waals surface area (Å²) < 4.78 is 5.54. The third kappa shape index (κ3) is 5.23. The number of benzene rings is 1. The van der Waals surface area contributed by atoms with Crippen molar-refractivity contribution in [3.05, 3.63) is 29.8 Å². The SMILES string of the molecule is CCN(CC(=O)O)C1CCN(C(=O)COc2ccc(C)cc2)CC1. The predicted molar refractivity (Wildman–Crippen MR) is 91.2 cm³/mol. The zero-order valence-corrected chi connectivity index (χ0v) is 14.4. The number of aryl methyl sites for hydroxylation is 1. The first kappa shape index (κ1) is 18.3. The number of carboxylic acids is 1. The van der Waals surface area contributed by atoms with E-state index in [4.69, 9.17) is 9.84 Å². The van der Waals surface area contributed by atoms with Gasteiger partial charge in [0.1, 0.15) is 5.75 Å². The smallest absolute Gasteiger partial charge is 0.317 e. The lowest BCUT2D eigenvalue weighted by atomic mass is 10.0. The molecule has 2 rings (SSSR count). The molecule has 6 heteroatoms. The number of nitrogens with zero attached hydrogens (tertiary/aromatic N) is 2. The number of aliphatic carboxylic acids is 1. The maximum absolute atomic E-state index is 12.3. The Morgan fingerprint density at radius 3 is 2.42 bits per heavy atom. The molecule has 0 saturated carbocycles. The summed E-state index contributed by atoms with van der Waals surface area (Å²) in [6.07, 6.45) is 1.61. The number of amides is 1. The highest BCUT2D eigenvalue weighted by Crippen LogP contribution is 2.17. The number of ether oxygens (including phenoxy) is 1. The van der Waals surface area contributed by atoms with Crippen LogP contribution in [0, 0.1) is 6.92 Å². The number of likely N-dealkylation sites (N-methyl/N-ethyl adjacent to an activating group) is 1. The Labute approximate surface area is 143 Å². The van der Waals surface area contributed by atoms with E-state index in [0.29, 0.717) is 25.4 Å². The molecule has 0 radical (unpaired) electrons. The molecule has 1 N–H and O–H groups in total. The van der Waals surface area contributed by atoms with E-state index in [1.54, 1.807) is 4.90 Å². The molecule has 0 atom stereocenters. The fraction of sp³-hybridized carbons (Fsp3) is 0.556. The number of carboxylic acid groups (broad SMARTS) is 1. The van der Waals surface area contributed by atoms with Crippen molar-refractivity contribution in [1.82, 2.24) is 9.80 Å². The van der Waals surface area contributed by atoms with E-state index in [1.165, 1.54) is 0 Å². The third-order valence-corrected chi connectivity index (χ3v) is 4.46. The molecule has 0 spiro atoms. The van der Waals surface area contributed by atoms with Crippen molar-refractivity contribution >= 4 is 11.9 Å². The minimum Gasteiger partial charge on any atom is -0.484 e. The fourth-order valence-electron chi connectivity index (χ4n) is 3.02. The van der Waals surface area contributed by atoms with Crippen molar-refractivity contribution in [2.45, 2.75) is 32.7 Å². The predicted octanol–water partition coefficient (Wildman–Crippen LogP) is 1.77. The van der Waals surface area contributed by atoms with Crippen molar-refractivity contribution in [3.8, 4) is 5.75 Å². The van der Waals surface area contributed by atoms with Gasteiger partial charge < -0.3 is 14.7 Å². The molecule has 0 aromatic heterocycles. The monoisotopic (exact) mass is 334 g/mol. The van der Waals surface area contributed by atoms with Gasteiger partial charge in [0.05, 0.1) is 6.54 Å². The highest BCUT2D eigenvalue weighted by molar-refractivity contribution is 5.77. The highest BCUT2D eigenvalue weighted by Gasteiger charge is 2.27. The van der Waals surface area contributed by atoms with E-state index >= 15 is 0 Å². The second-order valence-electron chi connectivity index (χ2n) is 6.17. The van der Waals surface area contributed by atoms with Crippen molar-refractivity contribution in [2.24, 2.45) is 0 Å². The number of likely N-dealkylation sites (tertiary alicyclic amines) is 1. The van der Waals surface area contributed by atoms with Gasteiger partial charge in [0.25, 0.3) is 5.91 Å². The Morgan fingerprint density at radius 1 is 1.25 bits per heavy atom. The van der Waals surface area contributed by atoms with Crippen molar-refractivity contribution in [2.75, 3.05) is 32.8 Å². The van der Waals surface area contributed by atoms with Crippen molar-refractivity contribution in [1.29, 1.82) is 0 Å². The second kappa shape index (κ2) is 8.68. The zero-order chi connectivity index (χ0) is 17.5. The summed E-state index contributed by atoms with van der Waals surface area (Å²) in [6.45, 7) is 6.08. The van der Waals surface area contributed by atoms with E-state index in [9.17, 15) is 9.59 Å². The second-order valence-corrected chi connectivity index (χ2v) is 6.17. The van der Waals surface area contributed by atoms with Gasteiger partial charge in [0.15, 0.2) is 6.61 Å². The molecule has 6 nitrogen and oxygen atoms in total. The number of carbonyl (C=O) groups is 2. The van der Waals surface area contributed by atoms with Crippen LogP contribution in [-0.4, -0.2) is 65.6 Å². The quantitative estimate of drug-likeness (QED) is 0.823. The largest absolute Gasteiger partial charge is 0.484 e. The topological polar surface area (TPSA) is 70.1 Å². The first-order chi connectivity index (χ1) is 11.5. The number of piperidine rings is 1. The molecule has 1 amide bonds. The Kier molecular flexibility index (Phi) is 6.61. The normalized spacial score (nSPS) is 15.5. The Bertz CT molecular complexity index is 551. The molecular formula is C18H26N2O4. The maximum Gasteiger partial charge on any atom is 0.317 e. The standard InChI is InChI=1S/C18H26N2O4/c1-3-19(12-18(22)23)15-8-10-20(11-9-15)17(21)13-24-16-6-4-14(2)5-7-16/h4-7,15H,3,8-13H2,1-2H3,(H,22,23). The number of hydrogen-bond donors (Lipinski definition) is 1. The van der Waals surface area contributed by atoms with Crippen LogP contribution in [0.4, 0.5) is 0 Å². The van der Waals surface area contributed by atoms with E-state index in [1.807, 2.05) is 43.0 Å². The van der Waals surface area contributed by atoms with Crippen LogP contribution in [-0.2, 0) is 9.59 Å². The van der Waals surface area contributed by atoms with Gasteiger partial charge in [-0.15, -0.1) is 0 Å². The summed E-state index contributed by atoms with van der Waals surface area (Å²) in [4.78, 5) is 26.9. The summed E-state index contributed by atoms with van der Waals surface area (Å²) in [6, 6.07) is 7.85. The number of carbonyl (C=O) groups excluding carboxylic acids is 1. The molecule has 1 saturated heterocycles. The van der Waals surface area contributed by atoms with Crippen LogP contribution < -0.4 is 4.74 Å². The number of hydrogen-bond acceptors (Lipinski definition) is 4. The summed E-state index contributed by atoms with van der Waals surface area (Å²) in [7, 11) is 0. The fourth-order valence-corrected chi connectivity index (χ4v) is 3.02. The molecule has 132 valence electrons. The van der Waals surface area contributed by atoms with Crippen LogP contribution in [0.2, 0.25) is 0 Å². The van der Waals surface area contributed by atoms with Gasteiger partial charge in [-0.05, 0) is 38.4 Å². The minimum absolute atomic E-state index is 0.0182. The molecule has 1 aliphatic rings. The van der Waals surface area contributed by atoms with Gasteiger partial charge in [-0.3, -0.25) is 14.5 Å². The molecule has 0 aliphatic carbocycles. The molecule has 1 aromatic rings. The lowest BCUT2D eigenvalue weighted by Gasteiger charge is -2.37. The zero-order valence-electron chi connectivity index (χ0n) is 14.4. The van der Waals surface area contributed by atoms with Crippen LogP contribution in [0.3, 0.4) is 0 Å². The Hall–Kier alpha value is -2.08. The number of rotatable bonds is 7. The third-order valence-electron chi connectivity index (χ3n) is 4.46. The van der Waals surface area contributed by atoms with Crippen LogP contribution >= 0.6 is 0 Å². The van der Waals surface area contributed by atoms with Gasteiger partial charge in [-0.1, -0.05) is 24.6 Å². The molecule has 1 aromatic carbocycles. The molecule has 24 heavy (non-hydrogen) atoms. The average molecular weight is 334 g/mol. The molecule has 1 heterocycles. The van der Waals surface area contributed by atoms with Crippen LogP contribution in [0.15, 0.2) is 24.3 Å². The summed E-state index contributed by atoms with van der Waals surface area (Å²) in [5, 5.41) is 8.96. The van der Waals surface area contributed by atoms with Gasteiger partial charge in [-0.25, -0.2) is 0 Å². The average Bonchev–Trinajstić information content (AvgIpc) is 2.59. The maximum atomic E-state index is 12.3. The molecule has 1 aliphatic heterocycles.